The quantitative estimate of drug-likeness (QED) is 0.524. The van der Waals surface area contributed by atoms with Crippen LogP contribution in [0, 0.1) is 0 Å². The fourth-order valence-corrected chi connectivity index (χ4v) is 3.29. The number of phenols is 1. The molecule has 1 amide bonds. The number of phenolic OH excluding ortho intramolecular Hbond substituents is 1. The number of hydrogen-bond acceptors (Lipinski definition) is 5. The average molecular weight is 405 g/mol. The van der Waals surface area contributed by atoms with E-state index in [4.69, 9.17) is 10.5 Å². The van der Waals surface area contributed by atoms with Crippen LogP contribution < -0.4 is 11.1 Å². The lowest BCUT2D eigenvalue weighted by Gasteiger charge is -2.20. The van der Waals surface area contributed by atoms with E-state index in [2.05, 4.69) is 17.2 Å². The number of nitrogen functional groups attached to an aromatic ring is 1. The predicted octanol–water partition coefficient (Wildman–Crippen LogP) is 5.61. The molecule has 0 unspecified atom stereocenters. The van der Waals surface area contributed by atoms with Crippen LogP contribution in [0.1, 0.15) is 33.3 Å². The second-order valence-electron chi connectivity index (χ2n) is 8.02. The van der Waals surface area contributed by atoms with Crippen LogP contribution in [0.25, 0.3) is 22.3 Å². The third-order valence-electron chi connectivity index (χ3n) is 4.57. The summed E-state index contributed by atoms with van der Waals surface area (Å²) in [6.07, 6.45) is 2.03. The van der Waals surface area contributed by atoms with Gasteiger partial charge in [-0.25, -0.2) is 9.78 Å². The number of nitrogens with zero attached hydrogens (tertiary/aromatic N) is 1. The molecule has 0 spiro atoms. The van der Waals surface area contributed by atoms with E-state index < -0.39 is 11.7 Å². The Bertz CT molecular complexity index is 1040. The zero-order valence-corrected chi connectivity index (χ0v) is 17.7. The number of pyridine rings is 1. The Morgan fingerprint density at radius 1 is 1.07 bits per heavy atom. The van der Waals surface area contributed by atoms with Gasteiger partial charge >= 0.3 is 6.09 Å². The molecule has 1 heterocycles. The maximum atomic E-state index is 12.0. The fraction of sp³-hybridized carbons (Fsp3) is 0.250. The summed E-state index contributed by atoms with van der Waals surface area (Å²) in [4.78, 5) is 16.4. The molecular formula is C24H27N3O3. The van der Waals surface area contributed by atoms with Gasteiger partial charge in [0.2, 0.25) is 0 Å². The summed E-state index contributed by atoms with van der Waals surface area (Å²) in [7, 11) is 0. The zero-order chi connectivity index (χ0) is 21.9. The van der Waals surface area contributed by atoms with Gasteiger partial charge in [-0.1, -0.05) is 31.2 Å². The van der Waals surface area contributed by atoms with Crippen LogP contribution >= 0.6 is 0 Å². The molecule has 0 fully saturated rings. The van der Waals surface area contributed by atoms with E-state index in [1.54, 1.807) is 18.3 Å². The number of amides is 1. The number of rotatable bonds is 4. The van der Waals surface area contributed by atoms with Crippen molar-refractivity contribution in [2.75, 3.05) is 11.1 Å². The maximum absolute atomic E-state index is 12.0. The minimum Gasteiger partial charge on any atom is -0.508 e. The first kappa shape index (κ1) is 21.2. The van der Waals surface area contributed by atoms with Gasteiger partial charge in [0.25, 0.3) is 0 Å². The highest BCUT2D eigenvalue weighted by molar-refractivity contribution is 5.87. The summed E-state index contributed by atoms with van der Waals surface area (Å²) in [5.41, 5.74) is 11.1. The molecular weight excluding hydrogens is 378 g/mol. The van der Waals surface area contributed by atoms with Gasteiger partial charge in [0.1, 0.15) is 17.2 Å². The number of anilines is 2. The molecule has 2 aromatic carbocycles. The summed E-state index contributed by atoms with van der Waals surface area (Å²) < 4.78 is 5.29. The van der Waals surface area contributed by atoms with E-state index in [-0.39, 0.29) is 5.75 Å². The molecule has 0 aliphatic carbocycles. The highest BCUT2D eigenvalue weighted by Crippen LogP contribution is 2.36. The van der Waals surface area contributed by atoms with Gasteiger partial charge in [0.15, 0.2) is 0 Å². The molecule has 0 atom stereocenters. The Morgan fingerprint density at radius 2 is 1.67 bits per heavy atom. The Hall–Kier alpha value is -3.54. The number of aromatic hydroxyl groups is 1. The van der Waals surface area contributed by atoms with Gasteiger partial charge in [-0.2, -0.15) is 0 Å². The monoisotopic (exact) mass is 405 g/mol. The zero-order valence-electron chi connectivity index (χ0n) is 17.7. The highest BCUT2D eigenvalue weighted by Gasteiger charge is 2.17. The minimum atomic E-state index is -0.561. The lowest BCUT2D eigenvalue weighted by atomic mass is 9.92. The highest BCUT2D eigenvalue weighted by atomic mass is 16.6. The van der Waals surface area contributed by atoms with Crippen molar-refractivity contribution in [1.82, 2.24) is 4.98 Å². The van der Waals surface area contributed by atoms with Gasteiger partial charge in [0, 0.05) is 23.0 Å². The van der Waals surface area contributed by atoms with Crippen LogP contribution in [0.5, 0.6) is 5.75 Å². The topological polar surface area (TPSA) is 97.5 Å². The minimum absolute atomic E-state index is 0.216. The molecule has 4 N–H and O–H groups in total. The molecule has 156 valence electrons. The van der Waals surface area contributed by atoms with Crippen LogP contribution in [0.2, 0.25) is 0 Å². The molecule has 1 aromatic heterocycles. The molecule has 3 rings (SSSR count). The molecule has 0 bridgehead atoms. The van der Waals surface area contributed by atoms with Gasteiger partial charge in [-0.05, 0) is 68.1 Å². The summed E-state index contributed by atoms with van der Waals surface area (Å²) >= 11 is 0. The third kappa shape index (κ3) is 4.89. The summed E-state index contributed by atoms with van der Waals surface area (Å²) in [5.74, 6) is 0.663. The van der Waals surface area contributed by atoms with Crippen molar-refractivity contribution < 1.29 is 14.6 Å². The average Bonchev–Trinajstić information content (AvgIpc) is 2.68. The van der Waals surface area contributed by atoms with Crippen LogP contribution in [-0.2, 0) is 11.2 Å². The van der Waals surface area contributed by atoms with Crippen LogP contribution in [0.15, 0.2) is 54.7 Å². The van der Waals surface area contributed by atoms with E-state index in [0.717, 1.165) is 34.2 Å². The number of carbonyl (C=O) groups is 1. The van der Waals surface area contributed by atoms with E-state index >= 15 is 0 Å². The molecule has 6 heteroatoms. The molecule has 0 aliphatic rings. The van der Waals surface area contributed by atoms with Gasteiger partial charge < -0.3 is 15.6 Å². The molecule has 0 radical (unpaired) electrons. The Kier molecular flexibility index (Phi) is 5.96. The van der Waals surface area contributed by atoms with Crippen molar-refractivity contribution in [2.24, 2.45) is 0 Å². The first-order valence-electron chi connectivity index (χ1n) is 9.85. The van der Waals surface area contributed by atoms with Gasteiger partial charge in [-0.15, -0.1) is 0 Å². The van der Waals surface area contributed by atoms with Crippen molar-refractivity contribution in [3.63, 3.8) is 0 Å². The Labute approximate surface area is 176 Å². The van der Waals surface area contributed by atoms with Crippen molar-refractivity contribution in [3.05, 3.63) is 60.3 Å². The van der Waals surface area contributed by atoms with Gasteiger partial charge in [-0.3, -0.25) is 5.32 Å². The normalized spacial score (nSPS) is 11.2. The molecule has 3 aromatic rings. The fourth-order valence-electron chi connectivity index (χ4n) is 3.29. The standard InChI is InChI=1S/C24H27N3O3/c1-5-19-20(15-8-12-18(28)13-9-15)14-26-22(25)21(19)16-6-10-17(11-7-16)27-23(29)30-24(2,3)4/h6-14,28H,5H2,1-4H3,(H2,25,26)(H,27,29). The number of carbonyl (C=O) groups excluding carboxylic acids is 1. The SMILES string of the molecule is CCc1c(-c2ccc(O)cc2)cnc(N)c1-c1ccc(NC(=O)OC(C)(C)C)cc1. The predicted molar refractivity (Wildman–Crippen MR) is 120 cm³/mol. The number of ether oxygens (including phenoxy) is 1. The van der Waals surface area contributed by atoms with Crippen molar-refractivity contribution in [2.45, 2.75) is 39.7 Å². The number of hydrogen-bond donors (Lipinski definition) is 3. The van der Waals surface area contributed by atoms with Crippen LogP contribution in [0.3, 0.4) is 0 Å². The second kappa shape index (κ2) is 8.45. The second-order valence-corrected chi connectivity index (χ2v) is 8.02. The van der Waals surface area contributed by atoms with E-state index in [1.807, 2.05) is 57.2 Å². The first-order chi connectivity index (χ1) is 14.2. The van der Waals surface area contributed by atoms with Crippen LogP contribution in [-0.4, -0.2) is 21.8 Å². The number of nitrogens with two attached hydrogens (primary N) is 1. The van der Waals surface area contributed by atoms with Crippen LogP contribution in [0.4, 0.5) is 16.3 Å². The molecule has 0 saturated heterocycles. The molecule has 0 aliphatic heterocycles. The summed E-state index contributed by atoms with van der Waals surface area (Å²) in [5, 5.41) is 12.3. The summed E-state index contributed by atoms with van der Waals surface area (Å²) in [6.45, 7) is 7.52. The van der Waals surface area contributed by atoms with Gasteiger partial charge in [0.05, 0.1) is 0 Å². The number of aromatic nitrogens is 1. The lowest BCUT2D eigenvalue weighted by molar-refractivity contribution is 0.0636. The number of nitrogens with one attached hydrogen (secondary N) is 1. The van der Waals surface area contributed by atoms with Crippen molar-refractivity contribution in [3.8, 4) is 28.0 Å². The van der Waals surface area contributed by atoms with E-state index in [1.165, 1.54) is 0 Å². The maximum Gasteiger partial charge on any atom is 0.412 e. The molecule has 0 saturated carbocycles. The van der Waals surface area contributed by atoms with E-state index in [0.29, 0.717) is 11.5 Å². The lowest BCUT2D eigenvalue weighted by Crippen LogP contribution is -2.27. The van der Waals surface area contributed by atoms with E-state index in [9.17, 15) is 9.90 Å². The Morgan fingerprint density at radius 3 is 2.23 bits per heavy atom. The smallest absolute Gasteiger partial charge is 0.412 e. The largest absolute Gasteiger partial charge is 0.508 e. The Balaban J connectivity index is 1.94. The molecule has 30 heavy (non-hydrogen) atoms. The number of benzene rings is 2. The summed E-state index contributed by atoms with van der Waals surface area (Å²) in [6, 6.07) is 14.5. The molecule has 6 nitrogen and oxygen atoms in total. The van der Waals surface area contributed by atoms with Crippen molar-refractivity contribution >= 4 is 17.6 Å². The van der Waals surface area contributed by atoms with Crippen molar-refractivity contribution in [1.29, 1.82) is 0 Å². The third-order valence-corrected chi connectivity index (χ3v) is 4.57. The first-order valence-corrected chi connectivity index (χ1v) is 9.85.